The van der Waals surface area contributed by atoms with Crippen LogP contribution in [0.4, 0.5) is 0 Å². The zero-order valence-corrected chi connectivity index (χ0v) is 13.1. The van der Waals surface area contributed by atoms with Gasteiger partial charge in [-0.3, -0.25) is 0 Å². The first-order valence-electron chi connectivity index (χ1n) is 7.04. The van der Waals surface area contributed by atoms with Crippen molar-refractivity contribution < 1.29 is 9.47 Å². The minimum absolute atomic E-state index is 0.669. The van der Waals surface area contributed by atoms with Crippen LogP contribution in [0, 0.1) is 0 Å². The Morgan fingerprint density at radius 3 is 2.33 bits per heavy atom. The summed E-state index contributed by atoms with van der Waals surface area (Å²) in [5.41, 5.74) is 0. The Labute approximate surface area is 130 Å². The van der Waals surface area contributed by atoms with Crippen molar-refractivity contribution in [3.05, 3.63) is 54.6 Å². The van der Waals surface area contributed by atoms with Crippen molar-refractivity contribution in [2.24, 2.45) is 0 Å². The van der Waals surface area contributed by atoms with Crippen molar-refractivity contribution >= 4 is 11.8 Å². The van der Waals surface area contributed by atoms with E-state index in [1.165, 1.54) is 4.90 Å². The normalized spacial score (nSPS) is 10.3. The second kappa shape index (κ2) is 9.32. The first kappa shape index (κ1) is 15.7. The van der Waals surface area contributed by atoms with Crippen LogP contribution in [0.25, 0.3) is 0 Å². The fourth-order valence-electron chi connectivity index (χ4n) is 1.80. The summed E-state index contributed by atoms with van der Waals surface area (Å²) >= 11 is 1.86. The summed E-state index contributed by atoms with van der Waals surface area (Å²) in [6.07, 6.45) is 0. The van der Waals surface area contributed by atoms with Crippen LogP contribution in [0.5, 0.6) is 11.5 Å². The highest BCUT2D eigenvalue weighted by atomic mass is 32.2. The molecule has 0 aromatic heterocycles. The molecule has 0 aliphatic rings. The summed E-state index contributed by atoms with van der Waals surface area (Å²) in [7, 11) is 1.66. The third-order valence-corrected chi connectivity index (χ3v) is 3.91. The highest BCUT2D eigenvalue weighted by Gasteiger charge is 1.96. The van der Waals surface area contributed by atoms with E-state index < -0.39 is 0 Å². The maximum Gasteiger partial charge on any atom is 0.119 e. The van der Waals surface area contributed by atoms with Gasteiger partial charge in [0, 0.05) is 23.7 Å². The van der Waals surface area contributed by atoms with Crippen LogP contribution in [0.15, 0.2) is 59.5 Å². The predicted molar refractivity (Wildman–Crippen MR) is 88.5 cm³/mol. The number of ether oxygens (including phenoxy) is 2. The molecule has 0 saturated carbocycles. The highest BCUT2D eigenvalue weighted by Crippen LogP contribution is 2.17. The van der Waals surface area contributed by atoms with E-state index in [9.17, 15) is 0 Å². The van der Waals surface area contributed by atoms with Crippen molar-refractivity contribution in [3.63, 3.8) is 0 Å². The number of methoxy groups -OCH3 is 1. The van der Waals surface area contributed by atoms with Gasteiger partial charge in [-0.15, -0.1) is 11.8 Å². The van der Waals surface area contributed by atoms with Gasteiger partial charge in [0.25, 0.3) is 0 Å². The van der Waals surface area contributed by atoms with Gasteiger partial charge in [0.15, 0.2) is 0 Å². The fourth-order valence-corrected chi connectivity index (χ4v) is 2.63. The lowest BCUT2D eigenvalue weighted by Gasteiger charge is -2.08. The Morgan fingerprint density at radius 1 is 0.905 bits per heavy atom. The molecule has 2 rings (SSSR count). The van der Waals surface area contributed by atoms with E-state index in [0.717, 1.165) is 30.3 Å². The largest absolute Gasteiger partial charge is 0.497 e. The van der Waals surface area contributed by atoms with Crippen molar-refractivity contribution in [1.82, 2.24) is 5.32 Å². The first-order valence-corrected chi connectivity index (χ1v) is 8.02. The van der Waals surface area contributed by atoms with E-state index in [1.807, 2.05) is 42.1 Å². The van der Waals surface area contributed by atoms with E-state index in [4.69, 9.17) is 9.47 Å². The SMILES string of the molecule is COc1ccc(OCCNCCSc2ccccc2)cc1. The number of nitrogens with one attached hydrogen (secondary N) is 1. The van der Waals surface area contributed by atoms with Crippen LogP contribution in [0.2, 0.25) is 0 Å². The quantitative estimate of drug-likeness (QED) is 0.568. The lowest BCUT2D eigenvalue weighted by Crippen LogP contribution is -2.23. The average Bonchev–Trinajstić information content (AvgIpc) is 2.55. The molecule has 3 nitrogen and oxygen atoms in total. The summed E-state index contributed by atoms with van der Waals surface area (Å²) in [6, 6.07) is 18.1. The molecule has 0 aliphatic carbocycles. The van der Waals surface area contributed by atoms with Crippen molar-refractivity contribution in [2.75, 3.05) is 32.6 Å². The molecule has 0 amide bonds. The summed E-state index contributed by atoms with van der Waals surface area (Å²) in [5.74, 6) is 2.78. The van der Waals surface area contributed by atoms with Gasteiger partial charge in [0.05, 0.1) is 7.11 Å². The van der Waals surface area contributed by atoms with E-state index in [1.54, 1.807) is 7.11 Å². The summed E-state index contributed by atoms with van der Waals surface area (Å²) in [4.78, 5) is 1.31. The fraction of sp³-hybridized carbons (Fsp3) is 0.294. The summed E-state index contributed by atoms with van der Waals surface area (Å²) in [5, 5.41) is 3.38. The Bertz CT molecular complexity index is 502. The van der Waals surface area contributed by atoms with Gasteiger partial charge in [-0.1, -0.05) is 18.2 Å². The molecular weight excluding hydrogens is 282 g/mol. The Morgan fingerprint density at radius 2 is 1.62 bits per heavy atom. The first-order chi connectivity index (χ1) is 10.4. The smallest absolute Gasteiger partial charge is 0.119 e. The molecule has 0 saturated heterocycles. The van der Waals surface area contributed by atoms with Crippen LogP contribution >= 0.6 is 11.8 Å². The molecule has 1 N–H and O–H groups in total. The Hall–Kier alpha value is -1.65. The van der Waals surface area contributed by atoms with Crippen molar-refractivity contribution in [2.45, 2.75) is 4.90 Å². The van der Waals surface area contributed by atoms with Gasteiger partial charge in [-0.25, -0.2) is 0 Å². The standard InChI is InChI=1S/C17H21NO2S/c1-19-15-7-9-16(10-8-15)20-13-11-18-12-14-21-17-5-3-2-4-6-17/h2-10,18H,11-14H2,1H3. The number of thioether (sulfide) groups is 1. The molecular formula is C17H21NO2S. The Kier molecular flexibility index (Phi) is 6.98. The molecule has 112 valence electrons. The zero-order chi connectivity index (χ0) is 14.8. The number of hydrogen-bond donors (Lipinski definition) is 1. The molecule has 0 radical (unpaired) electrons. The molecule has 0 unspecified atom stereocenters. The highest BCUT2D eigenvalue weighted by molar-refractivity contribution is 7.99. The van der Waals surface area contributed by atoms with Gasteiger partial charge in [-0.05, 0) is 36.4 Å². The second-order valence-corrected chi connectivity index (χ2v) is 5.60. The molecule has 2 aromatic carbocycles. The van der Waals surface area contributed by atoms with Crippen molar-refractivity contribution in [1.29, 1.82) is 0 Å². The van der Waals surface area contributed by atoms with Crippen molar-refractivity contribution in [3.8, 4) is 11.5 Å². The second-order valence-electron chi connectivity index (χ2n) is 4.44. The van der Waals surface area contributed by atoms with Gasteiger partial charge >= 0.3 is 0 Å². The number of hydrogen-bond acceptors (Lipinski definition) is 4. The van der Waals surface area contributed by atoms with Crippen LogP contribution in [-0.2, 0) is 0 Å². The third kappa shape index (κ3) is 6.10. The molecule has 0 heterocycles. The molecule has 21 heavy (non-hydrogen) atoms. The predicted octanol–water partition coefficient (Wildman–Crippen LogP) is 3.46. The van der Waals surface area contributed by atoms with Crippen LogP contribution in [-0.4, -0.2) is 32.6 Å². The molecule has 0 fully saturated rings. The molecule has 4 heteroatoms. The third-order valence-electron chi connectivity index (χ3n) is 2.90. The van der Waals surface area contributed by atoms with Gasteiger partial charge in [0.2, 0.25) is 0 Å². The average molecular weight is 303 g/mol. The van der Waals surface area contributed by atoms with E-state index in [-0.39, 0.29) is 0 Å². The lowest BCUT2D eigenvalue weighted by atomic mass is 10.3. The molecule has 0 atom stereocenters. The number of benzene rings is 2. The maximum absolute atomic E-state index is 5.65. The van der Waals surface area contributed by atoms with E-state index in [2.05, 4.69) is 29.6 Å². The molecule has 0 bridgehead atoms. The van der Waals surface area contributed by atoms with E-state index >= 15 is 0 Å². The van der Waals surface area contributed by atoms with E-state index in [0.29, 0.717) is 6.61 Å². The Balaban J connectivity index is 1.51. The topological polar surface area (TPSA) is 30.5 Å². The van der Waals surface area contributed by atoms with Gasteiger partial charge in [0.1, 0.15) is 18.1 Å². The maximum atomic E-state index is 5.65. The minimum Gasteiger partial charge on any atom is -0.497 e. The molecule has 2 aromatic rings. The number of rotatable bonds is 9. The summed E-state index contributed by atoms with van der Waals surface area (Å²) in [6.45, 7) is 2.50. The lowest BCUT2D eigenvalue weighted by molar-refractivity contribution is 0.315. The van der Waals surface area contributed by atoms with Gasteiger partial charge < -0.3 is 14.8 Å². The van der Waals surface area contributed by atoms with Gasteiger partial charge in [-0.2, -0.15) is 0 Å². The monoisotopic (exact) mass is 303 g/mol. The van der Waals surface area contributed by atoms with Crippen LogP contribution < -0.4 is 14.8 Å². The zero-order valence-electron chi connectivity index (χ0n) is 12.2. The molecule has 0 spiro atoms. The van der Waals surface area contributed by atoms with Crippen LogP contribution in [0.1, 0.15) is 0 Å². The van der Waals surface area contributed by atoms with Crippen LogP contribution in [0.3, 0.4) is 0 Å². The molecule has 0 aliphatic heterocycles. The minimum atomic E-state index is 0.669. The summed E-state index contributed by atoms with van der Waals surface area (Å²) < 4.78 is 10.8.